The van der Waals surface area contributed by atoms with Crippen molar-refractivity contribution in [3.05, 3.63) is 70.6 Å². The third kappa shape index (κ3) is 4.03. The number of carbonyl (C=O) groups is 2. The second-order valence-electron chi connectivity index (χ2n) is 5.63. The number of aromatic amines is 1. The highest BCUT2D eigenvalue weighted by molar-refractivity contribution is 6.33. The van der Waals surface area contributed by atoms with Crippen LogP contribution in [-0.4, -0.2) is 30.0 Å². The lowest BCUT2D eigenvalue weighted by atomic mass is 10.1. The first-order valence-corrected chi connectivity index (χ1v) is 8.37. The summed E-state index contributed by atoms with van der Waals surface area (Å²) in [6, 6.07) is 11.7. The molecule has 0 fully saturated rings. The fourth-order valence-electron chi connectivity index (χ4n) is 2.62. The van der Waals surface area contributed by atoms with Crippen molar-refractivity contribution in [1.29, 1.82) is 0 Å². The van der Waals surface area contributed by atoms with E-state index < -0.39 is 24.3 Å². The summed E-state index contributed by atoms with van der Waals surface area (Å²) in [4.78, 5) is 26.8. The van der Waals surface area contributed by atoms with E-state index in [4.69, 9.17) is 16.3 Å². The number of hydrogen-bond donors (Lipinski definition) is 2. The molecule has 1 amide bonds. The summed E-state index contributed by atoms with van der Waals surface area (Å²) in [5.41, 5.74) is 1.74. The Hall–Kier alpha value is -2.86. The normalized spacial score (nSPS) is 10.7. The molecule has 0 bridgehead atoms. The number of amides is 1. The Morgan fingerprint density at radius 3 is 2.77 bits per heavy atom. The van der Waals surface area contributed by atoms with E-state index in [1.54, 1.807) is 0 Å². The number of ether oxygens (including phenoxy) is 1. The molecule has 2 aromatic carbocycles. The minimum atomic E-state index is -0.972. The highest BCUT2D eigenvalue weighted by atomic mass is 35.5. The van der Waals surface area contributed by atoms with Crippen molar-refractivity contribution >= 4 is 34.4 Å². The van der Waals surface area contributed by atoms with Crippen LogP contribution in [-0.2, 0) is 16.0 Å². The number of carbonyl (C=O) groups excluding carboxylic acids is 2. The van der Waals surface area contributed by atoms with Crippen molar-refractivity contribution in [3.63, 3.8) is 0 Å². The molecule has 0 aliphatic heterocycles. The molecular formula is C19H16ClFN2O3. The summed E-state index contributed by atoms with van der Waals surface area (Å²) in [5, 5.41) is 3.70. The molecule has 0 saturated heterocycles. The second-order valence-corrected chi connectivity index (χ2v) is 6.04. The van der Waals surface area contributed by atoms with Crippen LogP contribution < -0.4 is 5.32 Å². The number of para-hydroxylation sites is 1. The number of esters is 1. The summed E-state index contributed by atoms with van der Waals surface area (Å²) in [6.45, 7) is -0.115. The Kier molecular flexibility index (Phi) is 5.53. The van der Waals surface area contributed by atoms with Gasteiger partial charge in [0.05, 0.1) is 5.02 Å². The van der Waals surface area contributed by atoms with Gasteiger partial charge in [0.2, 0.25) is 0 Å². The van der Waals surface area contributed by atoms with Crippen LogP contribution in [0.1, 0.15) is 15.9 Å². The van der Waals surface area contributed by atoms with Crippen LogP contribution in [0.25, 0.3) is 10.9 Å². The minimum Gasteiger partial charge on any atom is -0.452 e. The molecule has 26 heavy (non-hydrogen) atoms. The molecule has 0 aliphatic carbocycles. The number of halogens is 2. The summed E-state index contributed by atoms with van der Waals surface area (Å²) in [5.74, 6) is -2.23. The third-order valence-electron chi connectivity index (χ3n) is 3.89. The van der Waals surface area contributed by atoms with Gasteiger partial charge in [-0.1, -0.05) is 35.9 Å². The highest BCUT2D eigenvalue weighted by Gasteiger charge is 2.18. The maximum absolute atomic E-state index is 13.6. The largest absolute Gasteiger partial charge is 0.452 e. The fourth-order valence-corrected chi connectivity index (χ4v) is 2.86. The zero-order valence-electron chi connectivity index (χ0n) is 13.7. The van der Waals surface area contributed by atoms with Crippen LogP contribution >= 0.6 is 11.6 Å². The molecule has 0 radical (unpaired) electrons. The molecular weight excluding hydrogens is 359 g/mol. The van der Waals surface area contributed by atoms with E-state index in [-0.39, 0.29) is 10.6 Å². The summed E-state index contributed by atoms with van der Waals surface area (Å²) in [7, 11) is 0. The maximum atomic E-state index is 13.6. The molecule has 3 rings (SSSR count). The standard InChI is InChI=1S/C19H16ClFN2O3/c20-14-5-3-6-15(21)18(14)19(25)26-11-17(24)22-9-8-12-10-23-16-7-2-1-4-13(12)16/h1-7,10,23H,8-9,11H2,(H,22,24). The molecule has 1 heterocycles. The summed E-state index contributed by atoms with van der Waals surface area (Å²) >= 11 is 5.78. The van der Waals surface area contributed by atoms with Crippen molar-refractivity contribution < 1.29 is 18.7 Å². The number of nitrogens with one attached hydrogen (secondary N) is 2. The van der Waals surface area contributed by atoms with Gasteiger partial charge < -0.3 is 15.0 Å². The summed E-state index contributed by atoms with van der Waals surface area (Å²) in [6.07, 6.45) is 2.53. The van der Waals surface area contributed by atoms with Gasteiger partial charge in [-0.25, -0.2) is 9.18 Å². The van der Waals surface area contributed by atoms with Crippen LogP contribution in [0.2, 0.25) is 5.02 Å². The Bertz CT molecular complexity index is 935. The summed E-state index contributed by atoms with van der Waals surface area (Å²) < 4.78 is 18.5. The van der Waals surface area contributed by atoms with Gasteiger partial charge in [-0.15, -0.1) is 0 Å². The van der Waals surface area contributed by atoms with E-state index in [2.05, 4.69) is 10.3 Å². The molecule has 0 aliphatic rings. The SMILES string of the molecule is O=C(COC(=O)c1c(F)cccc1Cl)NCCc1c[nH]c2ccccc12. The Labute approximate surface area is 154 Å². The number of fused-ring (bicyclic) bond motifs is 1. The van der Waals surface area contributed by atoms with Gasteiger partial charge in [0.15, 0.2) is 6.61 Å². The molecule has 5 nitrogen and oxygen atoms in total. The van der Waals surface area contributed by atoms with Crippen molar-refractivity contribution in [3.8, 4) is 0 Å². The first-order valence-electron chi connectivity index (χ1n) is 7.99. The number of benzene rings is 2. The Morgan fingerprint density at radius 2 is 1.96 bits per heavy atom. The van der Waals surface area contributed by atoms with E-state index >= 15 is 0 Å². The molecule has 0 unspecified atom stereocenters. The van der Waals surface area contributed by atoms with E-state index in [1.807, 2.05) is 30.5 Å². The van der Waals surface area contributed by atoms with Crippen LogP contribution in [0.4, 0.5) is 4.39 Å². The van der Waals surface area contributed by atoms with Crippen molar-refractivity contribution in [2.45, 2.75) is 6.42 Å². The molecule has 0 saturated carbocycles. The van der Waals surface area contributed by atoms with Crippen LogP contribution in [0.15, 0.2) is 48.7 Å². The van der Waals surface area contributed by atoms with Crippen LogP contribution in [0, 0.1) is 5.82 Å². The first-order chi connectivity index (χ1) is 12.6. The number of aromatic nitrogens is 1. The number of H-pyrrole nitrogens is 1. The highest BCUT2D eigenvalue weighted by Crippen LogP contribution is 2.20. The zero-order chi connectivity index (χ0) is 18.5. The molecule has 2 N–H and O–H groups in total. The average Bonchev–Trinajstić information content (AvgIpc) is 3.03. The average molecular weight is 375 g/mol. The van der Waals surface area contributed by atoms with E-state index in [1.165, 1.54) is 12.1 Å². The molecule has 0 atom stereocenters. The lowest BCUT2D eigenvalue weighted by Gasteiger charge is -2.08. The minimum absolute atomic E-state index is 0.0604. The van der Waals surface area contributed by atoms with E-state index in [9.17, 15) is 14.0 Å². The topological polar surface area (TPSA) is 71.2 Å². The Morgan fingerprint density at radius 1 is 1.15 bits per heavy atom. The van der Waals surface area contributed by atoms with E-state index in [0.29, 0.717) is 13.0 Å². The van der Waals surface area contributed by atoms with Gasteiger partial charge in [-0.3, -0.25) is 4.79 Å². The van der Waals surface area contributed by atoms with E-state index in [0.717, 1.165) is 22.5 Å². The van der Waals surface area contributed by atoms with Gasteiger partial charge >= 0.3 is 5.97 Å². The monoisotopic (exact) mass is 374 g/mol. The van der Waals surface area contributed by atoms with Crippen molar-refractivity contribution in [1.82, 2.24) is 10.3 Å². The predicted molar refractivity (Wildman–Crippen MR) is 96.7 cm³/mol. The molecule has 0 spiro atoms. The quantitative estimate of drug-likeness (QED) is 0.649. The van der Waals surface area contributed by atoms with Crippen LogP contribution in [0.5, 0.6) is 0 Å². The number of hydrogen-bond acceptors (Lipinski definition) is 3. The fraction of sp³-hybridized carbons (Fsp3) is 0.158. The molecule has 1 aromatic heterocycles. The first kappa shape index (κ1) is 17.9. The second kappa shape index (κ2) is 8.01. The predicted octanol–water partition coefficient (Wildman–Crippen LogP) is 3.48. The smallest absolute Gasteiger partial charge is 0.343 e. The number of rotatable bonds is 6. The lowest BCUT2D eigenvalue weighted by molar-refractivity contribution is -0.124. The van der Waals surface area contributed by atoms with Gasteiger partial charge in [-0.05, 0) is 30.2 Å². The molecule has 7 heteroatoms. The lowest BCUT2D eigenvalue weighted by Crippen LogP contribution is -2.30. The van der Waals surface area contributed by atoms with Gasteiger partial charge in [0.25, 0.3) is 5.91 Å². The Balaban J connectivity index is 1.48. The third-order valence-corrected chi connectivity index (χ3v) is 4.21. The van der Waals surface area contributed by atoms with Gasteiger partial charge in [-0.2, -0.15) is 0 Å². The van der Waals surface area contributed by atoms with Crippen molar-refractivity contribution in [2.75, 3.05) is 13.2 Å². The van der Waals surface area contributed by atoms with Crippen LogP contribution in [0.3, 0.4) is 0 Å². The molecule has 3 aromatic rings. The zero-order valence-corrected chi connectivity index (χ0v) is 14.5. The van der Waals surface area contributed by atoms with Crippen molar-refractivity contribution in [2.24, 2.45) is 0 Å². The maximum Gasteiger partial charge on any atom is 0.343 e. The van der Waals surface area contributed by atoms with Gasteiger partial charge in [0.1, 0.15) is 11.4 Å². The van der Waals surface area contributed by atoms with Gasteiger partial charge in [0, 0.05) is 23.6 Å². The molecule has 134 valence electrons.